The van der Waals surface area contributed by atoms with Gasteiger partial charge in [-0.1, -0.05) is 6.92 Å². The third-order valence-electron chi connectivity index (χ3n) is 3.67. The van der Waals surface area contributed by atoms with E-state index in [2.05, 4.69) is 22.6 Å². The van der Waals surface area contributed by atoms with Gasteiger partial charge < -0.3 is 20.6 Å². The van der Waals surface area contributed by atoms with Crippen LogP contribution in [0, 0.1) is 11.8 Å². The number of nitrogens with one attached hydrogen (secondary N) is 2. The van der Waals surface area contributed by atoms with E-state index in [0.717, 1.165) is 19.5 Å². The maximum Gasteiger partial charge on any atom is 0.314 e. The molecule has 1 heterocycles. The van der Waals surface area contributed by atoms with Crippen LogP contribution in [0.3, 0.4) is 0 Å². The normalized spacial score (nSPS) is 18.8. The van der Waals surface area contributed by atoms with E-state index in [1.165, 1.54) is 12.8 Å². The number of amides is 2. The quantitative estimate of drug-likeness (QED) is 0.665. The Balaban J connectivity index is 2.05. The van der Waals surface area contributed by atoms with Gasteiger partial charge in [0.25, 0.3) is 0 Å². The zero-order valence-electron chi connectivity index (χ0n) is 11.8. The molecule has 0 spiro atoms. The molecule has 1 aliphatic heterocycles. The highest BCUT2D eigenvalue weighted by atomic mass is 16.4. The minimum Gasteiger partial charge on any atom is -0.481 e. The number of nitrogens with zero attached hydrogens (tertiary/aromatic N) is 1. The number of carboxylic acids is 1. The van der Waals surface area contributed by atoms with Gasteiger partial charge in [-0.05, 0) is 45.3 Å². The largest absolute Gasteiger partial charge is 0.481 e. The molecular formula is C13H25N3O3. The van der Waals surface area contributed by atoms with Crippen LogP contribution in [-0.4, -0.2) is 55.2 Å². The average molecular weight is 271 g/mol. The van der Waals surface area contributed by atoms with Crippen LogP contribution < -0.4 is 10.6 Å². The lowest BCUT2D eigenvalue weighted by atomic mass is 9.94. The van der Waals surface area contributed by atoms with Gasteiger partial charge in [0.1, 0.15) is 0 Å². The number of rotatable bonds is 6. The zero-order valence-corrected chi connectivity index (χ0v) is 11.8. The summed E-state index contributed by atoms with van der Waals surface area (Å²) in [7, 11) is 2.13. The number of piperidine rings is 1. The number of hydrogen-bond acceptors (Lipinski definition) is 3. The number of hydrogen-bond donors (Lipinski definition) is 3. The molecule has 0 aromatic heterocycles. The predicted molar refractivity (Wildman–Crippen MR) is 73.0 cm³/mol. The van der Waals surface area contributed by atoms with Gasteiger partial charge in [0.05, 0.1) is 5.92 Å². The second-order valence-corrected chi connectivity index (χ2v) is 5.41. The second kappa shape index (κ2) is 7.99. The van der Waals surface area contributed by atoms with Gasteiger partial charge in [-0.15, -0.1) is 0 Å². The van der Waals surface area contributed by atoms with Crippen molar-refractivity contribution in [3.8, 4) is 0 Å². The summed E-state index contributed by atoms with van der Waals surface area (Å²) in [6.07, 6.45) is 3.38. The number of carboxylic acid groups (broad SMARTS) is 1. The molecule has 110 valence electrons. The van der Waals surface area contributed by atoms with Crippen LogP contribution in [0.25, 0.3) is 0 Å². The van der Waals surface area contributed by atoms with E-state index in [1.807, 2.05) is 0 Å². The molecule has 1 aliphatic rings. The standard InChI is InChI=1S/C13H25N3O3/c1-10(12(17)18)9-15-13(19)14-6-3-11-4-7-16(2)8-5-11/h10-11H,3-9H2,1-2H3,(H,17,18)(H2,14,15,19). The van der Waals surface area contributed by atoms with Crippen LogP contribution in [0.4, 0.5) is 4.79 Å². The first-order valence-electron chi connectivity index (χ1n) is 6.92. The summed E-state index contributed by atoms with van der Waals surface area (Å²) in [6, 6.07) is -0.277. The molecule has 6 nitrogen and oxygen atoms in total. The van der Waals surface area contributed by atoms with E-state index >= 15 is 0 Å². The lowest BCUT2D eigenvalue weighted by Gasteiger charge is -2.28. The summed E-state index contributed by atoms with van der Waals surface area (Å²) in [6.45, 7) is 4.65. The molecule has 0 aromatic carbocycles. The molecule has 1 fully saturated rings. The summed E-state index contributed by atoms with van der Waals surface area (Å²) in [5.41, 5.74) is 0. The Kier molecular flexibility index (Phi) is 6.62. The number of aliphatic carboxylic acids is 1. The van der Waals surface area contributed by atoms with E-state index < -0.39 is 11.9 Å². The van der Waals surface area contributed by atoms with Crippen molar-refractivity contribution in [3.05, 3.63) is 0 Å². The zero-order chi connectivity index (χ0) is 14.3. The van der Waals surface area contributed by atoms with Gasteiger partial charge in [-0.25, -0.2) is 4.79 Å². The molecule has 1 rings (SSSR count). The van der Waals surface area contributed by atoms with Gasteiger partial charge in [0.2, 0.25) is 0 Å². The minimum absolute atomic E-state index is 0.162. The van der Waals surface area contributed by atoms with Crippen LogP contribution >= 0.6 is 0 Å². The number of carbonyl (C=O) groups excluding carboxylic acids is 1. The Morgan fingerprint density at radius 1 is 1.32 bits per heavy atom. The summed E-state index contributed by atoms with van der Waals surface area (Å²) < 4.78 is 0. The van der Waals surface area contributed by atoms with E-state index in [4.69, 9.17) is 5.11 Å². The van der Waals surface area contributed by atoms with Crippen LogP contribution in [0.15, 0.2) is 0 Å². The van der Waals surface area contributed by atoms with Crippen molar-refractivity contribution < 1.29 is 14.7 Å². The van der Waals surface area contributed by atoms with E-state index in [1.54, 1.807) is 6.92 Å². The van der Waals surface area contributed by atoms with Crippen molar-refractivity contribution >= 4 is 12.0 Å². The Hall–Kier alpha value is -1.30. The third kappa shape index (κ3) is 6.42. The first-order chi connectivity index (χ1) is 8.99. The maximum absolute atomic E-state index is 11.4. The fraction of sp³-hybridized carbons (Fsp3) is 0.846. The lowest BCUT2D eigenvalue weighted by molar-refractivity contribution is -0.140. The Morgan fingerprint density at radius 3 is 2.53 bits per heavy atom. The second-order valence-electron chi connectivity index (χ2n) is 5.41. The van der Waals surface area contributed by atoms with Gasteiger partial charge in [0, 0.05) is 13.1 Å². The van der Waals surface area contributed by atoms with Gasteiger partial charge in [-0.2, -0.15) is 0 Å². The average Bonchev–Trinajstić information content (AvgIpc) is 2.38. The minimum atomic E-state index is -0.897. The molecule has 0 aliphatic carbocycles. The summed E-state index contributed by atoms with van der Waals surface area (Å²) in [5.74, 6) is -0.763. The van der Waals surface area contributed by atoms with Crippen LogP contribution in [0.1, 0.15) is 26.2 Å². The molecular weight excluding hydrogens is 246 g/mol. The molecule has 0 bridgehead atoms. The van der Waals surface area contributed by atoms with Gasteiger partial charge in [0.15, 0.2) is 0 Å². The number of carbonyl (C=O) groups is 2. The van der Waals surface area contributed by atoms with Crippen molar-refractivity contribution in [1.29, 1.82) is 0 Å². The predicted octanol–water partition coefficient (Wildman–Crippen LogP) is 0.738. The molecule has 2 amide bonds. The highest BCUT2D eigenvalue weighted by Gasteiger charge is 2.16. The van der Waals surface area contributed by atoms with E-state index in [0.29, 0.717) is 12.5 Å². The fourth-order valence-corrected chi connectivity index (χ4v) is 2.14. The summed E-state index contributed by atoms with van der Waals surface area (Å²) in [5, 5.41) is 14.0. The molecule has 0 radical (unpaired) electrons. The summed E-state index contributed by atoms with van der Waals surface area (Å²) >= 11 is 0. The van der Waals surface area contributed by atoms with Gasteiger partial charge >= 0.3 is 12.0 Å². The van der Waals surface area contributed by atoms with Crippen LogP contribution in [-0.2, 0) is 4.79 Å². The van der Waals surface area contributed by atoms with Crippen LogP contribution in [0.2, 0.25) is 0 Å². The fourth-order valence-electron chi connectivity index (χ4n) is 2.14. The van der Waals surface area contributed by atoms with Gasteiger partial charge in [-0.3, -0.25) is 4.79 Å². The Bertz CT molecular complexity index is 302. The molecule has 6 heteroatoms. The molecule has 1 atom stereocenters. The molecule has 0 aromatic rings. The first-order valence-corrected chi connectivity index (χ1v) is 6.92. The SMILES string of the molecule is CC(CNC(=O)NCCC1CCN(C)CC1)C(=O)O. The first kappa shape index (κ1) is 15.8. The van der Waals surface area contributed by atoms with Crippen molar-refractivity contribution in [2.24, 2.45) is 11.8 Å². The summed E-state index contributed by atoms with van der Waals surface area (Å²) in [4.78, 5) is 24.3. The highest BCUT2D eigenvalue weighted by Crippen LogP contribution is 2.18. The van der Waals surface area contributed by atoms with Crippen molar-refractivity contribution in [3.63, 3.8) is 0 Å². The molecule has 1 unspecified atom stereocenters. The molecule has 3 N–H and O–H groups in total. The van der Waals surface area contributed by atoms with Crippen LogP contribution in [0.5, 0.6) is 0 Å². The highest BCUT2D eigenvalue weighted by molar-refractivity contribution is 5.75. The Labute approximate surface area is 114 Å². The van der Waals surface area contributed by atoms with E-state index in [9.17, 15) is 9.59 Å². The molecule has 0 saturated carbocycles. The van der Waals surface area contributed by atoms with E-state index in [-0.39, 0.29) is 12.6 Å². The topological polar surface area (TPSA) is 81.7 Å². The number of likely N-dealkylation sites (tertiary alicyclic amines) is 1. The monoisotopic (exact) mass is 271 g/mol. The number of urea groups is 1. The Morgan fingerprint density at radius 2 is 1.95 bits per heavy atom. The van der Waals surface area contributed by atoms with Crippen molar-refractivity contribution in [2.45, 2.75) is 26.2 Å². The lowest BCUT2D eigenvalue weighted by Crippen LogP contribution is -2.40. The molecule has 1 saturated heterocycles. The van der Waals surface area contributed by atoms with Crippen molar-refractivity contribution in [2.75, 3.05) is 33.2 Å². The third-order valence-corrected chi connectivity index (χ3v) is 3.67. The van der Waals surface area contributed by atoms with Crippen molar-refractivity contribution in [1.82, 2.24) is 15.5 Å². The molecule has 19 heavy (non-hydrogen) atoms. The maximum atomic E-state index is 11.4. The smallest absolute Gasteiger partial charge is 0.314 e.